The normalized spacial score (nSPS) is 33.8. The highest BCUT2D eigenvalue weighted by Crippen LogP contribution is 2.37. The second kappa shape index (κ2) is 6.63. The van der Waals surface area contributed by atoms with Crippen LogP contribution in [0.4, 0.5) is 0 Å². The van der Waals surface area contributed by atoms with Gasteiger partial charge in [0.1, 0.15) is 6.04 Å². The van der Waals surface area contributed by atoms with Crippen molar-refractivity contribution in [2.24, 2.45) is 0 Å². The summed E-state index contributed by atoms with van der Waals surface area (Å²) >= 11 is 0. The Morgan fingerprint density at radius 2 is 2.00 bits per heavy atom. The van der Waals surface area contributed by atoms with Crippen LogP contribution in [0.3, 0.4) is 0 Å². The highest BCUT2D eigenvalue weighted by Gasteiger charge is 2.43. The number of likely N-dealkylation sites (tertiary alicyclic amines) is 1. The van der Waals surface area contributed by atoms with Crippen molar-refractivity contribution in [3.63, 3.8) is 0 Å². The summed E-state index contributed by atoms with van der Waals surface area (Å²) in [6.07, 6.45) is 7.26. The highest BCUT2D eigenvalue weighted by atomic mass is 16.5. The zero-order valence-electron chi connectivity index (χ0n) is 13.0. The van der Waals surface area contributed by atoms with E-state index in [1.807, 2.05) is 0 Å². The van der Waals surface area contributed by atoms with Crippen molar-refractivity contribution in [1.82, 2.24) is 4.90 Å². The fourth-order valence-electron chi connectivity index (χ4n) is 4.16. The number of esters is 1. The first-order valence-electron chi connectivity index (χ1n) is 8.29. The van der Waals surface area contributed by atoms with Crippen LogP contribution in [0.2, 0.25) is 0 Å². The summed E-state index contributed by atoms with van der Waals surface area (Å²) in [4.78, 5) is 14.5. The monoisotopic (exact) mass is 297 g/mol. The lowest BCUT2D eigenvalue weighted by molar-refractivity contribution is -0.166. The molecule has 3 aliphatic rings. The van der Waals surface area contributed by atoms with Crippen molar-refractivity contribution >= 4 is 5.97 Å². The zero-order valence-corrected chi connectivity index (χ0v) is 13.0. The minimum absolute atomic E-state index is 0.0146. The van der Waals surface area contributed by atoms with Crippen molar-refractivity contribution in [3.8, 4) is 0 Å². The molecule has 0 aromatic rings. The third-order valence-electron chi connectivity index (χ3n) is 5.36. The minimum Gasteiger partial charge on any atom is -0.468 e. The van der Waals surface area contributed by atoms with Crippen LogP contribution >= 0.6 is 0 Å². The number of hydrogen-bond acceptors (Lipinski definition) is 5. The van der Waals surface area contributed by atoms with Gasteiger partial charge in [-0.05, 0) is 45.1 Å². The molecule has 3 aliphatic heterocycles. The average Bonchev–Trinajstić information content (AvgIpc) is 2.55. The molecular formula is C16H27NO4. The van der Waals surface area contributed by atoms with Gasteiger partial charge in [0.25, 0.3) is 0 Å². The van der Waals surface area contributed by atoms with Crippen LogP contribution in [0.15, 0.2) is 0 Å². The predicted molar refractivity (Wildman–Crippen MR) is 78.1 cm³/mol. The lowest BCUT2D eigenvalue weighted by Crippen LogP contribution is -2.56. The lowest BCUT2D eigenvalue weighted by atomic mass is 9.82. The van der Waals surface area contributed by atoms with Gasteiger partial charge in [-0.2, -0.15) is 0 Å². The van der Waals surface area contributed by atoms with Gasteiger partial charge in [0.05, 0.1) is 12.7 Å². The second-order valence-electron chi connectivity index (χ2n) is 6.56. The van der Waals surface area contributed by atoms with Gasteiger partial charge < -0.3 is 14.2 Å². The second-order valence-corrected chi connectivity index (χ2v) is 6.56. The first kappa shape index (κ1) is 15.3. The van der Waals surface area contributed by atoms with E-state index < -0.39 is 0 Å². The van der Waals surface area contributed by atoms with E-state index in [-0.39, 0.29) is 17.6 Å². The van der Waals surface area contributed by atoms with Gasteiger partial charge in [0.15, 0.2) is 0 Å². The van der Waals surface area contributed by atoms with Crippen molar-refractivity contribution in [2.75, 3.05) is 33.5 Å². The van der Waals surface area contributed by atoms with E-state index in [0.717, 1.165) is 64.9 Å². The van der Waals surface area contributed by atoms with E-state index in [1.165, 1.54) is 13.5 Å². The molecule has 0 aromatic heterocycles. The first-order valence-corrected chi connectivity index (χ1v) is 8.29. The summed E-state index contributed by atoms with van der Waals surface area (Å²) in [5.41, 5.74) is -0.0146. The number of methoxy groups -OCH3 is 1. The Labute approximate surface area is 126 Å². The maximum Gasteiger partial charge on any atom is 0.323 e. The molecule has 0 aliphatic carbocycles. The summed E-state index contributed by atoms with van der Waals surface area (Å²) < 4.78 is 16.6. The molecule has 1 spiro atoms. The first-order chi connectivity index (χ1) is 10.2. The van der Waals surface area contributed by atoms with Crippen LogP contribution in [0, 0.1) is 0 Å². The standard InChI is InChI=1S/C16H27NO4/c1-19-15(18)14-4-2-3-8-17(14)13-5-9-21-16(12-13)6-10-20-11-7-16/h13-14H,2-12H2,1H3. The summed E-state index contributed by atoms with van der Waals surface area (Å²) in [7, 11) is 1.50. The summed E-state index contributed by atoms with van der Waals surface area (Å²) in [6, 6.07) is 0.394. The van der Waals surface area contributed by atoms with Gasteiger partial charge >= 0.3 is 5.97 Å². The molecule has 0 aromatic carbocycles. The van der Waals surface area contributed by atoms with Crippen LogP contribution in [-0.4, -0.2) is 62.0 Å². The Morgan fingerprint density at radius 1 is 1.19 bits per heavy atom. The summed E-state index contributed by atoms with van der Waals surface area (Å²) in [5, 5.41) is 0. The van der Waals surface area contributed by atoms with Gasteiger partial charge in [-0.3, -0.25) is 9.69 Å². The number of piperidine rings is 1. The Kier molecular flexibility index (Phi) is 4.82. The van der Waals surface area contributed by atoms with Gasteiger partial charge in [0, 0.05) is 25.9 Å². The van der Waals surface area contributed by atoms with Crippen LogP contribution in [0.5, 0.6) is 0 Å². The molecule has 0 saturated carbocycles. The number of carbonyl (C=O) groups is 1. The van der Waals surface area contributed by atoms with Gasteiger partial charge in [-0.15, -0.1) is 0 Å². The third-order valence-corrected chi connectivity index (χ3v) is 5.36. The number of ether oxygens (including phenoxy) is 3. The molecule has 2 atom stereocenters. The number of nitrogens with zero attached hydrogens (tertiary/aromatic N) is 1. The maximum absolute atomic E-state index is 12.1. The van der Waals surface area contributed by atoms with E-state index in [0.29, 0.717) is 6.04 Å². The molecule has 0 amide bonds. The van der Waals surface area contributed by atoms with Crippen LogP contribution in [-0.2, 0) is 19.0 Å². The number of hydrogen-bond donors (Lipinski definition) is 0. The highest BCUT2D eigenvalue weighted by molar-refractivity contribution is 5.75. The van der Waals surface area contributed by atoms with E-state index >= 15 is 0 Å². The molecule has 5 heteroatoms. The Bertz CT molecular complexity index is 362. The van der Waals surface area contributed by atoms with Crippen molar-refractivity contribution < 1.29 is 19.0 Å². The predicted octanol–water partition coefficient (Wildman–Crippen LogP) is 1.74. The molecule has 3 heterocycles. The van der Waals surface area contributed by atoms with Gasteiger partial charge in [-0.25, -0.2) is 0 Å². The molecular weight excluding hydrogens is 270 g/mol. The van der Waals surface area contributed by atoms with Gasteiger partial charge in [-0.1, -0.05) is 6.42 Å². The molecule has 3 rings (SSSR count). The van der Waals surface area contributed by atoms with Gasteiger partial charge in [0.2, 0.25) is 0 Å². The lowest BCUT2D eigenvalue weighted by Gasteiger charge is -2.48. The molecule has 21 heavy (non-hydrogen) atoms. The fourth-order valence-corrected chi connectivity index (χ4v) is 4.16. The van der Waals surface area contributed by atoms with E-state index in [2.05, 4.69) is 4.90 Å². The van der Waals surface area contributed by atoms with E-state index in [9.17, 15) is 4.79 Å². The minimum atomic E-state index is -0.0674. The third kappa shape index (κ3) is 3.25. The fraction of sp³-hybridized carbons (Fsp3) is 0.938. The molecule has 120 valence electrons. The van der Waals surface area contributed by atoms with Crippen LogP contribution < -0.4 is 0 Å². The molecule has 0 radical (unpaired) electrons. The summed E-state index contributed by atoms with van der Waals surface area (Å²) in [6.45, 7) is 3.41. The smallest absolute Gasteiger partial charge is 0.323 e. The Morgan fingerprint density at radius 3 is 2.76 bits per heavy atom. The molecule has 0 bridgehead atoms. The Hall–Kier alpha value is -0.650. The molecule has 3 fully saturated rings. The van der Waals surface area contributed by atoms with Crippen molar-refractivity contribution in [1.29, 1.82) is 0 Å². The van der Waals surface area contributed by atoms with E-state index in [1.54, 1.807) is 0 Å². The summed E-state index contributed by atoms with van der Waals surface area (Å²) in [5.74, 6) is -0.0674. The number of rotatable bonds is 2. The Balaban J connectivity index is 1.70. The quantitative estimate of drug-likeness (QED) is 0.727. The topological polar surface area (TPSA) is 48.0 Å². The van der Waals surface area contributed by atoms with E-state index in [4.69, 9.17) is 14.2 Å². The largest absolute Gasteiger partial charge is 0.468 e. The van der Waals surface area contributed by atoms with Crippen LogP contribution in [0.1, 0.15) is 44.9 Å². The molecule has 5 nitrogen and oxygen atoms in total. The maximum atomic E-state index is 12.1. The zero-order chi connectivity index (χ0) is 14.7. The average molecular weight is 297 g/mol. The molecule has 0 N–H and O–H groups in total. The SMILES string of the molecule is COC(=O)C1CCCCN1C1CCOC2(CCOCC2)C1. The number of carbonyl (C=O) groups excluding carboxylic acids is 1. The molecule has 2 unspecified atom stereocenters. The molecule has 3 saturated heterocycles. The van der Waals surface area contributed by atoms with Crippen molar-refractivity contribution in [2.45, 2.75) is 62.6 Å². The van der Waals surface area contributed by atoms with Crippen molar-refractivity contribution in [3.05, 3.63) is 0 Å². The van der Waals surface area contributed by atoms with Crippen LogP contribution in [0.25, 0.3) is 0 Å².